The van der Waals surface area contributed by atoms with Crippen LogP contribution in [0.25, 0.3) is 0 Å². The summed E-state index contributed by atoms with van der Waals surface area (Å²) in [6, 6.07) is 7.61. The van der Waals surface area contributed by atoms with Crippen molar-refractivity contribution < 1.29 is 23.9 Å². The fraction of sp³-hybridized carbons (Fsp3) is 0.667. The summed E-state index contributed by atoms with van der Waals surface area (Å²) in [5.74, 6) is 2.07. The van der Waals surface area contributed by atoms with Gasteiger partial charge in [-0.05, 0) is 62.3 Å². The molecule has 6 rings (SSSR count). The van der Waals surface area contributed by atoms with Gasteiger partial charge < -0.3 is 14.4 Å². The van der Waals surface area contributed by atoms with Crippen LogP contribution in [-0.4, -0.2) is 67.5 Å². The molecule has 0 spiro atoms. The van der Waals surface area contributed by atoms with Crippen LogP contribution in [0.3, 0.4) is 0 Å². The molecule has 0 aromatic heterocycles. The summed E-state index contributed by atoms with van der Waals surface area (Å²) in [5, 5.41) is 0. The normalized spacial score (nSPS) is 32.4. The standard InChI is InChI=1S/C27H36N2O5/c1-33-9-5-8-28-24(30)15-27(26(28)32,22-6-3-4-7-23(22)34-2)16-25(31)29-17-20-11-18-10-19(12-20)14-21(29)13-18/h3-4,6-7,18-21H,5,8-17H2,1-2H3. The van der Waals surface area contributed by atoms with Gasteiger partial charge in [0.15, 0.2) is 0 Å². The third-order valence-corrected chi connectivity index (χ3v) is 8.64. The molecule has 1 aromatic carbocycles. The number of fused-ring (bicyclic) bond motifs is 1. The molecule has 3 heterocycles. The van der Waals surface area contributed by atoms with Crippen LogP contribution in [0, 0.1) is 17.8 Å². The smallest absolute Gasteiger partial charge is 0.241 e. The van der Waals surface area contributed by atoms with E-state index in [0.717, 1.165) is 31.2 Å². The van der Waals surface area contributed by atoms with E-state index in [1.807, 2.05) is 18.2 Å². The number of hydrogen-bond donors (Lipinski definition) is 0. The number of hydrogen-bond acceptors (Lipinski definition) is 5. The van der Waals surface area contributed by atoms with Gasteiger partial charge in [0.1, 0.15) is 5.75 Å². The number of ether oxygens (including phenoxy) is 2. The first-order valence-corrected chi connectivity index (χ1v) is 12.7. The minimum absolute atomic E-state index is 0.00187. The summed E-state index contributed by atoms with van der Waals surface area (Å²) >= 11 is 0. The Hall–Kier alpha value is -2.41. The zero-order valence-electron chi connectivity index (χ0n) is 20.3. The maximum absolute atomic E-state index is 14.0. The Morgan fingerprint density at radius 1 is 1.03 bits per heavy atom. The van der Waals surface area contributed by atoms with Gasteiger partial charge in [-0.1, -0.05) is 18.2 Å². The predicted octanol–water partition coefficient (Wildman–Crippen LogP) is 3.16. The molecule has 34 heavy (non-hydrogen) atoms. The van der Waals surface area contributed by atoms with Crippen molar-refractivity contribution in [1.29, 1.82) is 0 Å². The molecule has 5 aliphatic rings. The zero-order chi connectivity index (χ0) is 23.9. The lowest BCUT2D eigenvalue weighted by molar-refractivity contribution is -0.143. The first kappa shape index (κ1) is 23.3. The van der Waals surface area contributed by atoms with E-state index in [0.29, 0.717) is 36.8 Å². The Labute approximate surface area is 201 Å². The molecular formula is C27H36N2O5. The lowest BCUT2D eigenvalue weighted by Crippen LogP contribution is -2.47. The van der Waals surface area contributed by atoms with Crippen molar-refractivity contribution in [3.8, 4) is 5.75 Å². The fourth-order valence-corrected chi connectivity index (χ4v) is 7.33. The van der Waals surface area contributed by atoms with Crippen LogP contribution in [0.15, 0.2) is 24.3 Å². The summed E-state index contributed by atoms with van der Waals surface area (Å²) in [4.78, 5) is 44.4. The Kier molecular flexibility index (Phi) is 6.40. The number of likely N-dealkylation sites (tertiary alicyclic amines) is 1. The van der Waals surface area contributed by atoms with E-state index in [2.05, 4.69) is 4.90 Å². The minimum atomic E-state index is -1.23. The second kappa shape index (κ2) is 9.33. The van der Waals surface area contributed by atoms with Gasteiger partial charge >= 0.3 is 0 Å². The number of amides is 3. The summed E-state index contributed by atoms with van der Waals surface area (Å²) in [6.07, 6.45) is 6.49. The number of imide groups is 1. The molecule has 0 radical (unpaired) electrons. The quantitative estimate of drug-likeness (QED) is 0.433. The number of carbonyl (C=O) groups excluding carboxylic acids is 3. The first-order valence-electron chi connectivity index (χ1n) is 12.7. The van der Waals surface area contributed by atoms with Crippen LogP contribution in [-0.2, 0) is 24.5 Å². The second-order valence-corrected chi connectivity index (χ2v) is 10.8. The second-order valence-electron chi connectivity index (χ2n) is 10.8. The molecule has 2 saturated carbocycles. The molecular weight excluding hydrogens is 432 g/mol. The molecule has 4 bridgehead atoms. The third kappa shape index (κ3) is 4.02. The molecule has 3 amide bonds. The molecule has 1 aromatic rings. The van der Waals surface area contributed by atoms with Crippen molar-refractivity contribution in [2.24, 2.45) is 17.8 Å². The van der Waals surface area contributed by atoms with Gasteiger partial charge in [0, 0.05) is 51.3 Å². The molecule has 0 N–H and O–H groups in total. The lowest BCUT2D eigenvalue weighted by Gasteiger charge is -2.39. The van der Waals surface area contributed by atoms with Gasteiger partial charge in [0.2, 0.25) is 17.7 Å². The average Bonchev–Trinajstić information content (AvgIpc) is 2.92. The summed E-state index contributed by atoms with van der Waals surface area (Å²) < 4.78 is 10.7. The molecule has 184 valence electrons. The lowest BCUT2D eigenvalue weighted by atomic mass is 9.68. The van der Waals surface area contributed by atoms with Crippen LogP contribution in [0.5, 0.6) is 5.75 Å². The Morgan fingerprint density at radius 2 is 1.74 bits per heavy atom. The minimum Gasteiger partial charge on any atom is -0.496 e. The topological polar surface area (TPSA) is 76.2 Å². The summed E-state index contributed by atoms with van der Waals surface area (Å²) in [7, 11) is 3.17. The van der Waals surface area contributed by atoms with E-state index in [1.54, 1.807) is 20.3 Å². The summed E-state index contributed by atoms with van der Waals surface area (Å²) in [5.41, 5.74) is -0.587. The van der Waals surface area contributed by atoms with Crippen LogP contribution >= 0.6 is 0 Å². The van der Waals surface area contributed by atoms with Crippen LogP contribution in [0.1, 0.15) is 56.9 Å². The largest absolute Gasteiger partial charge is 0.496 e. The number of methoxy groups -OCH3 is 2. The predicted molar refractivity (Wildman–Crippen MR) is 126 cm³/mol. The van der Waals surface area contributed by atoms with Gasteiger partial charge in [-0.2, -0.15) is 0 Å². The zero-order valence-corrected chi connectivity index (χ0v) is 20.3. The van der Waals surface area contributed by atoms with Crippen LogP contribution < -0.4 is 4.74 Å². The van der Waals surface area contributed by atoms with Crippen LogP contribution in [0.4, 0.5) is 0 Å². The van der Waals surface area contributed by atoms with Crippen LogP contribution in [0.2, 0.25) is 0 Å². The van der Waals surface area contributed by atoms with E-state index < -0.39 is 5.41 Å². The van der Waals surface area contributed by atoms with Gasteiger partial charge in [0.05, 0.1) is 12.5 Å². The summed E-state index contributed by atoms with van der Waals surface area (Å²) in [6.45, 7) is 1.56. The first-order chi connectivity index (χ1) is 16.4. The highest BCUT2D eigenvalue weighted by molar-refractivity contribution is 6.11. The number of para-hydroxylation sites is 1. The Balaban J connectivity index is 1.47. The molecule has 3 atom stereocenters. The average molecular weight is 469 g/mol. The van der Waals surface area contributed by atoms with Crippen molar-refractivity contribution in [3.05, 3.63) is 29.8 Å². The van der Waals surface area contributed by atoms with Crippen molar-refractivity contribution in [1.82, 2.24) is 9.80 Å². The highest BCUT2D eigenvalue weighted by Crippen LogP contribution is 2.49. The monoisotopic (exact) mass is 468 g/mol. The maximum atomic E-state index is 14.0. The fourth-order valence-electron chi connectivity index (χ4n) is 7.33. The third-order valence-electron chi connectivity index (χ3n) is 8.64. The van der Waals surface area contributed by atoms with Crippen molar-refractivity contribution in [2.75, 3.05) is 33.9 Å². The van der Waals surface area contributed by atoms with Gasteiger partial charge in [0.25, 0.3) is 0 Å². The number of benzene rings is 1. The van der Waals surface area contributed by atoms with Crippen molar-refractivity contribution in [3.63, 3.8) is 0 Å². The van der Waals surface area contributed by atoms with Gasteiger partial charge in [-0.15, -0.1) is 0 Å². The van der Waals surface area contributed by atoms with Gasteiger partial charge in [-0.3, -0.25) is 19.3 Å². The Morgan fingerprint density at radius 3 is 2.44 bits per heavy atom. The molecule has 3 aliphatic heterocycles. The van der Waals surface area contributed by atoms with Crippen molar-refractivity contribution >= 4 is 17.7 Å². The van der Waals surface area contributed by atoms with E-state index in [9.17, 15) is 14.4 Å². The number of carbonyl (C=O) groups is 3. The molecule has 3 unspecified atom stereocenters. The molecule has 3 saturated heterocycles. The van der Waals surface area contributed by atoms with E-state index >= 15 is 0 Å². The highest BCUT2D eigenvalue weighted by Gasteiger charge is 2.56. The van der Waals surface area contributed by atoms with E-state index in [-0.39, 0.29) is 36.6 Å². The number of rotatable bonds is 8. The van der Waals surface area contributed by atoms with Gasteiger partial charge in [-0.25, -0.2) is 0 Å². The molecule has 2 aliphatic carbocycles. The Bertz CT molecular complexity index is 950. The molecule has 7 nitrogen and oxygen atoms in total. The number of nitrogens with zero attached hydrogens (tertiary/aromatic N) is 2. The molecule has 7 heteroatoms. The highest BCUT2D eigenvalue weighted by atomic mass is 16.5. The molecule has 5 fully saturated rings. The van der Waals surface area contributed by atoms with E-state index in [4.69, 9.17) is 9.47 Å². The van der Waals surface area contributed by atoms with Crippen molar-refractivity contribution in [2.45, 2.75) is 62.8 Å². The maximum Gasteiger partial charge on any atom is 0.241 e. The SMILES string of the molecule is COCCCN1C(=O)CC(CC(=O)N2CC3CC4CC(C3)CC2C4)(c2ccccc2OC)C1=O. The van der Waals surface area contributed by atoms with E-state index in [1.165, 1.54) is 24.2 Å².